The SMILES string of the molecule is CCOc1cccc2cc(C(C)NC(=O)N(CC)Cc3cccc(F)c3)oc12. The number of ether oxygens (including phenoxy) is 1. The predicted molar refractivity (Wildman–Crippen MR) is 107 cm³/mol. The molecule has 0 saturated carbocycles. The van der Waals surface area contributed by atoms with Crippen molar-refractivity contribution in [2.24, 2.45) is 0 Å². The fourth-order valence-electron chi connectivity index (χ4n) is 3.07. The topological polar surface area (TPSA) is 54.7 Å². The first-order chi connectivity index (χ1) is 13.5. The van der Waals surface area contributed by atoms with E-state index in [2.05, 4.69) is 5.32 Å². The fourth-order valence-corrected chi connectivity index (χ4v) is 3.07. The first-order valence-corrected chi connectivity index (χ1v) is 9.47. The number of rotatable bonds is 7. The lowest BCUT2D eigenvalue weighted by Gasteiger charge is -2.23. The summed E-state index contributed by atoms with van der Waals surface area (Å²) >= 11 is 0. The highest BCUT2D eigenvalue weighted by Crippen LogP contribution is 2.31. The monoisotopic (exact) mass is 384 g/mol. The molecule has 2 aromatic carbocycles. The molecule has 148 valence electrons. The molecule has 1 heterocycles. The number of amides is 2. The Balaban J connectivity index is 1.72. The Bertz CT molecular complexity index is 954. The number of carbonyl (C=O) groups is 1. The number of hydrogen-bond acceptors (Lipinski definition) is 3. The number of nitrogens with one attached hydrogen (secondary N) is 1. The normalized spacial score (nSPS) is 12.0. The molecule has 28 heavy (non-hydrogen) atoms. The average Bonchev–Trinajstić information content (AvgIpc) is 3.12. The largest absolute Gasteiger partial charge is 0.490 e. The third-order valence-corrected chi connectivity index (χ3v) is 4.53. The van der Waals surface area contributed by atoms with Crippen molar-refractivity contribution >= 4 is 17.0 Å². The van der Waals surface area contributed by atoms with Crippen LogP contribution < -0.4 is 10.1 Å². The minimum absolute atomic E-state index is 0.232. The Morgan fingerprint density at radius 1 is 1.21 bits per heavy atom. The average molecular weight is 384 g/mol. The van der Waals surface area contributed by atoms with Gasteiger partial charge >= 0.3 is 6.03 Å². The van der Waals surface area contributed by atoms with E-state index >= 15 is 0 Å². The van der Waals surface area contributed by atoms with E-state index in [4.69, 9.17) is 9.15 Å². The minimum Gasteiger partial charge on any atom is -0.490 e. The molecule has 0 aliphatic heterocycles. The molecule has 0 saturated heterocycles. The zero-order valence-corrected chi connectivity index (χ0v) is 16.4. The summed E-state index contributed by atoms with van der Waals surface area (Å²) < 4.78 is 25.0. The number of furan rings is 1. The molecule has 3 aromatic rings. The van der Waals surface area contributed by atoms with Gasteiger partial charge in [0, 0.05) is 18.5 Å². The first-order valence-electron chi connectivity index (χ1n) is 9.47. The van der Waals surface area contributed by atoms with Crippen molar-refractivity contribution in [3.63, 3.8) is 0 Å². The summed E-state index contributed by atoms with van der Waals surface area (Å²) in [5.74, 6) is 1.03. The van der Waals surface area contributed by atoms with Crippen molar-refractivity contribution < 1.29 is 18.3 Å². The molecule has 0 aliphatic carbocycles. The standard InChI is InChI=1S/C22H25FN2O3/c1-4-25(14-16-8-6-10-18(23)12-16)22(26)24-15(3)20-13-17-9-7-11-19(27-5-2)21(17)28-20/h6-13,15H,4-5,14H2,1-3H3,(H,24,26). The molecule has 1 N–H and O–H groups in total. The van der Waals surface area contributed by atoms with Gasteiger partial charge in [-0.2, -0.15) is 0 Å². The maximum absolute atomic E-state index is 13.4. The van der Waals surface area contributed by atoms with E-state index < -0.39 is 0 Å². The number of para-hydroxylation sites is 1. The van der Waals surface area contributed by atoms with Crippen LogP contribution in [0.4, 0.5) is 9.18 Å². The van der Waals surface area contributed by atoms with Gasteiger partial charge in [-0.25, -0.2) is 9.18 Å². The quantitative estimate of drug-likeness (QED) is 0.604. The van der Waals surface area contributed by atoms with Crippen LogP contribution in [0.25, 0.3) is 11.0 Å². The van der Waals surface area contributed by atoms with Crippen LogP contribution in [0.1, 0.15) is 38.1 Å². The van der Waals surface area contributed by atoms with Gasteiger partial charge in [0.1, 0.15) is 11.6 Å². The van der Waals surface area contributed by atoms with Gasteiger partial charge in [-0.3, -0.25) is 0 Å². The zero-order valence-electron chi connectivity index (χ0n) is 16.4. The van der Waals surface area contributed by atoms with Crippen LogP contribution in [0.5, 0.6) is 5.75 Å². The van der Waals surface area contributed by atoms with E-state index in [0.29, 0.717) is 36.8 Å². The maximum atomic E-state index is 13.4. The smallest absolute Gasteiger partial charge is 0.318 e. The summed E-state index contributed by atoms with van der Waals surface area (Å²) in [4.78, 5) is 14.3. The number of benzene rings is 2. The van der Waals surface area contributed by atoms with Gasteiger partial charge < -0.3 is 19.4 Å². The Kier molecular flexibility index (Phi) is 6.19. The summed E-state index contributed by atoms with van der Waals surface area (Å²) in [6.45, 7) is 7.06. The molecule has 0 spiro atoms. The molecule has 0 bridgehead atoms. The van der Waals surface area contributed by atoms with E-state index in [1.807, 2.05) is 45.0 Å². The van der Waals surface area contributed by atoms with Gasteiger partial charge in [0.25, 0.3) is 0 Å². The summed E-state index contributed by atoms with van der Waals surface area (Å²) in [6.07, 6.45) is 0. The molecule has 1 unspecified atom stereocenters. The molecule has 0 radical (unpaired) electrons. The van der Waals surface area contributed by atoms with Crippen LogP contribution in [-0.2, 0) is 6.54 Å². The third kappa shape index (κ3) is 4.44. The van der Waals surface area contributed by atoms with Gasteiger partial charge in [-0.15, -0.1) is 0 Å². The van der Waals surface area contributed by atoms with Crippen molar-refractivity contribution in [2.75, 3.05) is 13.2 Å². The highest BCUT2D eigenvalue weighted by molar-refractivity contribution is 5.84. The van der Waals surface area contributed by atoms with Gasteiger partial charge in [-0.1, -0.05) is 24.3 Å². The van der Waals surface area contributed by atoms with Gasteiger partial charge in [0.2, 0.25) is 0 Å². The van der Waals surface area contributed by atoms with Crippen molar-refractivity contribution in [1.82, 2.24) is 10.2 Å². The summed E-state index contributed by atoms with van der Waals surface area (Å²) in [5.41, 5.74) is 1.42. The number of halogens is 1. The lowest BCUT2D eigenvalue weighted by atomic mass is 10.2. The van der Waals surface area contributed by atoms with E-state index in [1.165, 1.54) is 12.1 Å². The molecule has 2 amide bonds. The van der Waals surface area contributed by atoms with Gasteiger partial charge in [0.05, 0.1) is 12.6 Å². The minimum atomic E-state index is -0.323. The van der Waals surface area contributed by atoms with Crippen LogP contribution in [0.15, 0.2) is 52.9 Å². The summed E-state index contributed by atoms with van der Waals surface area (Å²) in [5, 5.41) is 3.88. The van der Waals surface area contributed by atoms with Crippen LogP contribution in [-0.4, -0.2) is 24.1 Å². The van der Waals surface area contributed by atoms with Crippen LogP contribution in [0, 0.1) is 5.82 Å². The van der Waals surface area contributed by atoms with E-state index in [9.17, 15) is 9.18 Å². The second kappa shape index (κ2) is 8.78. The molecule has 3 rings (SSSR count). The van der Waals surface area contributed by atoms with E-state index in [1.54, 1.807) is 17.0 Å². The third-order valence-electron chi connectivity index (χ3n) is 4.53. The second-order valence-corrected chi connectivity index (χ2v) is 6.57. The first kappa shape index (κ1) is 19.7. The number of fused-ring (bicyclic) bond motifs is 1. The Morgan fingerprint density at radius 2 is 2.00 bits per heavy atom. The van der Waals surface area contributed by atoms with Crippen molar-refractivity contribution in [2.45, 2.75) is 33.4 Å². The molecule has 5 nitrogen and oxygen atoms in total. The number of hydrogen-bond donors (Lipinski definition) is 1. The van der Waals surface area contributed by atoms with E-state index in [0.717, 1.165) is 10.9 Å². The molecule has 1 atom stereocenters. The second-order valence-electron chi connectivity index (χ2n) is 6.57. The Hall–Kier alpha value is -3.02. The van der Waals surface area contributed by atoms with Crippen LogP contribution in [0.3, 0.4) is 0 Å². The molecule has 0 aliphatic rings. The highest BCUT2D eigenvalue weighted by atomic mass is 19.1. The molecule has 6 heteroatoms. The lowest BCUT2D eigenvalue weighted by Crippen LogP contribution is -2.40. The Morgan fingerprint density at radius 3 is 2.71 bits per heavy atom. The zero-order chi connectivity index (χ0) is 20.1. The Labute approximate surface area is 164 Å². The molecule has 1 aromatic heterocycles. The molecular weight excluding hydrogens is 359 g/mol. The van der Waals surface area contributed by atoms with Gasteiger partial charge in [0.15, 0.2) is 11.3 Å². The molecular formula is C22H25FN2O3. The highest BCUT2D eigenvalue weighted by Gasteiger charge is 2.19. The van der Waals surface area contributed by atoms with Crippen molar-refractivity contribution in [3.8, 4) is 5.75 Å². The summed E-state index contributed by atoms with van der Waals surface area (Å²) in [6, 6.07) is 13.3. The van der Waals surface area contributed by atoms with Crippen molar-refractivity contribution in [1.29, 1.82) is 0 Å². The van der Waals surface area contributed by atoms with Crippen LogP contribution >= 0.6 is 0 Å². The molecule has 0 fully saturated rings. The fraction of sp³-hybridized carbons (Fsp3) is 0.318. The lowest BCUT2D eigenvalue weighted by molar-refractivity contribution is 0.193. The maximum Gasteiger partial charge on any atom is 0.318 e. The summed E-state index contributed by atoms with van der Waals surface area (Å²) in [7, 11) is 0. The van der Waals surface area contributed by atoms with Crippen molar-refractivity contribution in [3.05, 3.63) is 65.7 Å². The predicted octanol–water partition coefficient (Wildman–Crippen LogP) is 5.26. The number of nitrogens with zero attached hydrogens (tertiary/aromatic N) is 1. The van der Waals surface area contributed by atoms with Gasteiger partial charge in [-0.05, 0) is 50.6 Å². The van der Waals surface area contributed by atoms with E-state index in [-0.39, 0.29) is 17.9 Å². The van der Waals surface area contributed by atoms with Crippen LogP contribution in [0.2, 0.25) is 0 Å². The number of carbonyl (C=O) groups excluding carboxylic acids is 1. The number of urea groups is 1.